The molecule has 0 saturated carbocycles. The van der Waals surface area contributed by atoms with E-state index in [2.05, 4.69) is 15.9 Å². The van der Waals surface area contributed by atoms with E-state index in [-0.39, 0.29) is 5.75 Å². The summed E-state index contributed by atoms with van der Waals surface area (Å²) in [6.07, 6.45) is -1.22. The molecule has 0 aromatic heterocycles. The predicted molar refractivity (Wildman–Crippen MR) is 69.5 cm³/mol. The van der Waals surface area contributed by atoms with Crippen molar-refractivity contribution in [1.82, 2.24) is 0 Å². The highest BCUT2D eigenvalue weighted by atomic mass is 79.9. The molecule has 0 fully saturated rings. The van der Waals surface area contributed by atoms with Crippen molar-refractivity contribution in [2.45, 2.75) is 18.8 Å². The third-order valence-corrected chi connectivity index (χ3v) is 4.91. The van der Waals surface area contributed by atoms with Crippen molar-refractivity contribution in [3.8, 4) is 0 Å². The Morgan fingerprint density at radius 3 is 2.65 bits per heavy atom. The topological polar surface area (TPSA) is 74.6 Å². The smallest absolute Gasteiger partial charge is 0.157 e. The van der Waals surface area contributed by atoms with Gasteiger partial charge < -0.3 is 10.2 Å². The maximum absolute atomic E-state index is 11.7. The first kappa shape index (κ1) is 14.6. The molecule has 0 aliphatic rings. The van der Waals surface area contributed by atoms with Crippen LogP contribution >= 0.6 is 15.9 Å². The minimum Gasteiger partial charge on any atom is -0.394 e. The van der Waals surface area contributed by atoms with Crippen LogP contribution in [0.2, 0.25) is 0 Å². The van der Waals surface area contributed by atoms with Gasteiger partial charge in [0.05, 0.1) is 24.2 Å². The van der Waals surface area contributed by atoms with Gasteiger partial charge in [0.1, 0.15) is 0 Å². The van der Waals surface area contributed by atoms with Crippen molar-refractivity contribution < 1.29 is 18.6 Å². The summed E-state index contributed by atoms with van der Waals surface area (Å²) in [6.45, 7) is 1.29. The first-order valence-electron chi connectivity index (χ1n) is 5.09. The average molecular weight is 323 g/mol. The van der Waals surface area contributed by atoms with Crippen LogP contribution in [-0.2, 0) is 15.6 Å². The molecule has 96 valence electrons. The van der Waals surface area contributed by atoms with Gasteiger partial charge in [0, 0.05) is 4.47 Å². The molecule has 1 atom stereocenters. The molecule has 0 spiro atoms. The van der Waals surface area contributed by atoms with Gasteiger partial charge in [0.15, 0.2) is 9.84 Å². The summed E-state index contributed by atoms with van der Waals surface area (Å²) in [5.41, 5.74) is 1.57. The van der Waals surface area contributed by atoms with E-state index < -0.39 is 28.3 Å². The number of rotatable bonds is 5. The third-order valence-electron chi connectivity index (χ3n) is 2.41. The molecule has 0 saturated heterocycles. The van der Waals surface area contributed by atoms with Crippen molar-refractivity contribution in [2.24, 2.45) is 0 Å². The molecule has 0 radical (unpaired) electrons. The van der Waals surface area contributed by atoms with Crippen LogP contribution in [0.25, 0.3) is 0 Å². The number of sulfone groups is 1. The van der Waals surface area contributed by atoms with Crippen molar-refractivity contribution in [3.63, 3.8) is 0 Å². The minimum atomic E-state index is -3.42. The highest BCUT2D eigenvalue weighted by Crippen LogP contribution is 2.21. The average Bonchev–Trinajstić information content (AvgIpc) is 2.23. The molecule has 4 nitrogen and oxygen atoms in total. The number of aliphatic hydroxyl groups is 2. The number of aliphatic hydroxyl groups excluding tert-OH is 2. The van der Waals surface area contributed by atoms with E-state index in [1.165, 1.54) is 0 Å². The monoisotopic (exact) mass is 322 g/mol. The Labute approximate surface area is 109 Å². The summed E-state index contributed by atoms with van der Waals surface area (Å²) < 4.78 is 24.3. The fourth-order valence-electron chi connectivity index (χ4n) is 1.45. The normalized spacial score (nSPS) is 13.6. The Morgan fingerprint density at radius 1 is 1.41 bits per heavy atom. The van der Waals surface area contributed by atoms with Gasteiger partial charge in [0.25, 0.3) is 0 Å². The highest BCUT2D eigenvalue weighted by Gasteiger charge is 2.18. The lowest BCUT2D eigenvalue weighted by atomic mass is 10.1. The second kappa shape index (κ2) is 5.95. The van der Waals surface area contributed by atoms with E-state index in [0.717, 1.165) is 10.0 Å². The highest BCUT2D eigenvalue weighted by molar-refractivity contribution is 9.10. The molecule has 0 aliphatic carbocycles. The summed E-state index contributed by atoms with van der Waals surface area (Å²) in [4.78, 5) is 0. The lowest BCUT2D eigenvalue weighted by molar-refractivity contribution is 0.112. The zero-order valence-corrected chi connectivity index (χ0v) is 11.8. The lowest BCUT2D eigenvalue weighted by Gasteiger charge is -2.10. The van der Waals surface area contributed by atoms with Crippen LogP contribution < -0.4 is 0 Å². The molecule has 1 rings (SSSR count). The van der Waals surface area contributed by atoms with Gasteiger partial charge in [-0.3, -0.25) is 0 Å². The molecule has 1 aromatic carbocycles. The van der Waals surface area contributed by atoms with Crippen molar-refractivity contribution in [3.05, 3.63) is 33.8 Å². The summed E-state index contributed by atoms with van der Waals surface area (Å²) in [5, 5.41) is 17.8. The van der Waals surface area contributed by atoms with Crippen LogP contribution in [-0.4, -0.2) is 37.1 Å². The number of benzene rings is 1. The molecule has 0 aliphatic heterocycles. The summed E-state index contributed by atoms with van der Waals surface area (Å²) in [7, 11) is -3.42. The maximum atomic E-state index is 11.7. The van der Waals surface area contributed by atoms with Crippen LogP contribution in [0, 0.1) is 6.92 Å². The van der Waals surface area contributed by atoms with Gasteiger partial charge in [-0.15, -0.1) is 0 Å². The minimum absolute atomic E-state index is 0.130. The van der Waals surface area contributed by atoms with E-state index in [1.54, 1.807) is 12.1 Å². The number of hydrogen-bond acceptors (Lipinski definition) is 4. The zero-order chi connectivity index (χ0) is 13.1. The quantitative estimate of drug-likeness (QED) is 0.849. The summed E-state index contributed by atoms with van der Waals surface area (Å²) in [6, 6.07) is 5.35. The predicted octanol–water partition coefficient (Wildman–Crippen LogP) is 1.03. The maximum Gasteiger partial charge on any atom is 0.157 e. The standard InChI is InChI=1S/C11H15BrO4S/c1-8-9(3-2-4-11(8)12)6-17(15,16)7-10(14)5-13/h2-4,10,13-14H,5-7H2,1H3/t10-/m1/s1. The molecule has 0 heterocycles. The van der Waals surface area contributed by atoms with Crippen LogP contribution in [0.3, 0.4) is 0 Å². The molecule has 1 aromatic rings. The Hall–Kier alpha value is -0.430. The van der Waals surface area contributed by atoms with E-state index in [1.807, 2.05) is 13.0 Å². The van der Waals surface area contributed by atoms with Gasteiger partial charge in [-0.2, -0.15) is 0 Å². The van der Waals surface area contributed by atoms with Gasteiger partial charge >= 0.3 is 0 Å². The first-order valence-corrected chi connectivity index (χ1v) is 7.70. The fourth-order valence-corrected chi connectivity index (χ4v) is 3.45. The molecule has 17 heavy (non-hydrogen) atoms. The fraction of sp³-hybridized carbons (Fsp3) is 0.455. The molecular formula is C11H15BrO4S. The van der Waals surface area contributed by atoms with E-state index in [9.17, 15) is 8.42 Å². The van der Waals surface area contributed by atoms with Gasteiger partial charge in [0.2, 0.25) is 0 Å². The zero-order valence-electron chi connectivity index (χ0n) is 9.43. The van der Waals surface area contributed by atoms with Crippen molar-refractivity contribution in [2.75, 3.05) is 12.4 Å². The largest absolute Gasteiger partial charge is 0.394 e. The van der Waals surface area contributed by atoms with E-state index >= 15 is 0 Å². The van der Waals surface area contributed by atoms with Crippen molar-refractivity contribution >= 4 is 25.8 Å². The van der Waals surface area contributed by atoms with Gasteiger partial charge in [-0.1, -0.05) is 28.1 Å². The Balaban J connectivity index is 2.87. The van der Waals surface area contributed by atoms with E-state index in [0.29, 0.717) is 5.56 Å². The molecular weight excluding hydrogens is 308 g/mol. The molecule has 2 N–H and O–H groups in total. The van der Waals surface area contributed by atoms with Crippen LogP contribution in [0.15, 0.2) is 22.7 Å². The van der Waals surface area contributed by atoms with E-state index in [4.69, 9.17) is 10.2 Å². The SMILES string of the molecule is Cc1c(Br)cccc1CS(=O)(=O)C[C@H](O)CO. The molecule has 0 bridgehead atoms. The molecule has 6 heteroatoms. The molecule has 0 unspecified atom stereocenters. The summed E-state index contributed by atoms with van der Waals surface area (Å²) >= 11 is 3.33. The second-order valence-corrected chi connectivity index (χ2v) is 6.88. The Kier molecular flexibility index (Phi) is 5.12. The third kappa shape index (κ3) is 4.39. The van der Waals surface area contributed by atoms with Crippen molar-refractivity contribution in [1.29, 1.82) is 0 Å². The lowest BCUT2D eigenvalue weighted by Crippen LogP contribution is -2.25. The number of hydrogen-bond donors (Lipinski definition) is 2. The van der Waals surface area contributed by atoms with Crippen LogP contribution in [0.1, 0.15) is 11.1 Å². The second-order valence-electron chi connectivity index (χ2n) is 3.91. The van der Waals surface area contributed by atoms with Gasteiger partial charge in [-0.25, -0.2) is 8.42 Å². The summed E-state index contributed by atoms with van der Waals surface area (Å²) in [5.74, 6) is -0.551. The number of halogens is 1. The van der Waals surface area contributed by atoms with Gasteiger partial charge in [-0.05, 0) is 24.1 Å². The molecule has 0 amide bonds. The Morgan fingerprint density at radius 2 is 2.06 bits per heavy atom. The Bertz CT molecular complexity index is 484. The first-order chi connectivity index (χ1) is 7.85. The van der Waals surface area contributed by atoms with Crippen LogP contribution in [0.4, 0.5) is 0 Å². The van der Waals surface area contributed by atoms with Crippen LogP contribution in [0.5, 0.6) is 0 Å².